The average Bonchev–Trinajstić information content (AvgIpc) is 3.45. The maximum Gasteiger partial charge on any atom is 0.434 e. The lowest BCUT2D eigenvalue weighted by Crippen LogP contribution is -2.64. The van der Waals surface area contributed by atoms with Gasteiger partial charge >= 0.3 is 6.75 Å². The molecular weight excluding hydrogens is 423 g/mol. The minimum Gasteiger partial charge on any atom is -0.669 e. The first-order valence-corrected chi connectivity index (χ1v) is 10.3. The third-order valence-electron chi connectivity index (χ3n) is 6.15. The summed E-state index contributed by atoms with van der Waals surface area (Å²) in [5, 5.41) is 34.4. The molecule has 2 heterocycles. The second kappa shape index (κ2) is 7.62. The normalized spacial score (nSPS) is 25.2. The number of likely N-dealkylation sites (tertiary alicyclic amines) is 1. The summed E-state index contributed by atoms with van der Waals surface area (Å²) in [6.45, 7) is -0.999. The third kappa shape index (κ3) is 4.11. The number of carboxylic acid groups (broad SMARTS) is 1. The molecule has 2 fully saturated rings. The molecule has 174 valence electrons. The van der Waals surface area contributed by atoms with Crippen LogP contribution in [0.2, 0.25) is 5.82 Å². The van der Waals surface area contributed by atoms with E-state index >= 15 is 0 Å². The Morgan fingerprint density at radius 3 is 2.69 bits per heavy atom. The lowest BCUT2D eigenvalue weighted by Gasteiger charge is -2.43. The minimum atomic E-state index is -3.14. The van der Waals surface area contributed by atoms with Crippen molar-refractivity contribution in [2.24, 2.45) is 11.5 Å². The predicted octanol–water partition coefficient (Wildman–Crippen LogP) is -3.39. The van der Waals surface area contributed by atoms with Crippen molar-refractivity contribution in [1.82, 2.24) is 10.2 Å². The van der Waals surface area contributed by atoms with E-state index in [2.05, 4.69) is 5.32 Å². The van der Waals surface area contributed by atoms with Gasteiger partial charge in [0, 0.05) is 19.6 Å². The van der Waals surface area contributed by atoms with Crippen LogP contribution in [0.5, 0.6) is 11.5 Å². The van der Waals surface area contributed by atoms with Gasteiger partial charge in [0.2, 0.25) is 11.8 Å². The van der Waals surface area contributed by atoms with Crippen LogP contribution in [-0.4, -0.2) is 77.3 Å². The largest absolute Gasteiger partial charge is 0.669 e. The van der Waals surface area contributed by atoms with Gasteiger partial charge in [-0.05, 0) is 24.5 Å². The summed E-state index contributed by atoms with van der Waals surface area (Å²) < 4.78 is 11.1. The number of rotatable bonds is 8. The highest BCUT2D eigenvalue weighted by Crippen LogP contribution is 2.63. The number of nitrogens with zero attached hydrogens (tertiary/aromatic N) is 1. The molecule has 0 aromatic heterocycles. The molecule has 3 aliphatic rings. The fourth-order valence-electron chi connectivity index (χ4n) is 4.42. The van der Waals surface area contributed by atoms with Crippen molar-refractivity contribution in [3.8, 4) is 11.5 Å². The van der Waals surface area contributed by atoms with Crippen LogP contribution < -0.4 is 31.3 Å². The fourth-order valence-corrected chi connectivity index (χ4v) is 4.42. The number of benzene rings is 1. The number of nitrogens with one attached hydrogen (secondary N) is 1. The number of hydrogen-bond donors (Lipinski definition) is 5. The van der Waals surface area contributed by atoms with Crippen molar-refractivity contribution in [3.05, 3.63) is 23.3 Å². The Kier molecular flexibility index (Phi) is 5.32. The number of fused-ring (bicyclic) bond motifs is 3. The topological polar surface area (TPSA) is 200 Å². The number of nitrogens with two attached hydrogens (primary N) is 2. The first-order chi connectivity index (χ1) is 14.9. The summed E-state index contributed by atoms with van der Waals surface area (Å²) in [6, 6.07) is 3.19. The summed E-state index contributed by atoms with van der Waals surface area (Å²) in [5.41, 5.74) is 10.0. The smallest absolute Gasteiger partial charge is 0.434 e. The van der Waals surface area contributed by atoms with Gasteiger partial charge in [0.25, 0.3) is 0 Å². The van der Waals surface area contributed by atoms with Gasteiger partial charge in [-0.2, -0.15) is 0 Å². The fraction of sp³-hybridized carbons (Fsp3) is 0.526. The number of hydrogen-bond acceptors (Lipinski definition) is 10. The quantitative estimate of drug-likeness (QED) is 0.250. The maximum absolute atomic E-state index is 12.1. The highest BCUT2D eigenvalue weighted by molar-refractivity contribution is 6.62. The molecule has 4 rings (SSSR count). The number of carboxylic acids is 1. The lowest BCUT2D eigenvalue weighted by molar-refractivity contribution is -0.255. The maximum atomic E-state index is 12.1. The number of primary amides is 1. The highest BCUT2D eigenvalue weighted by atomic mass is 16.6. The molecule has 2 aliphatic heterocycles. The molecule has 1 saturated heterocycles. The van der Waals surface area contributed by atoms with E-state index in [1.54, 1.807) is 6.07 Å². The first kappa shape index (κ1) is 22.3. The van der Waals surface area contributed by atoms with Crippen LogP contribution in [0.15, 0.2) is 12.1 Å². The summed E-state index contributed by atoms with van der Waals surface area (Å²) in [5.74, 6) is -3.46. The van der Waals surface area contributed by atoms with E-state index in [4.69, 9.17) is 20.9 Å². The Bertz CT molecular complexity index is 978. The molecule has 3 atom stereocenters. The molecule has 0 radical (unpaired) electrons. The van der Waals surface area contributed by atoms with Crippen molar-refractivity contribution in [2.75, 3.05) is 26.2 Å². The number of amides is 2. The van der Waals surface area contributed by atoms with Gasteiger partial charge in [-0.1, -0.05) is 18.3 Å². The Morgan fingerprint density at radius 2 is 2.06 bits per heavy atom. The zero-order valence-corrected chi connectivity index (χ0v) is 17.4. The molecule has 0 bridgehead atoms. The van der Waals surface area contributed by atoms with E-state index in [-0.39, 0.29) is 42.2 Å². The minimum absolute atomic E-state index is 0.00816. The van der Waals surface area contributed by atoms with Crippen LogP contribution in [-0.2, 0) is 9.59 Å². The average molecular weight is 448 g/mol. The molecule has 32 heavy (non-hydrogen) atoms. The van der Waals surface area contributed by atoms with Crippen molar-refractivity contribution < 1.29 is 38.9 Å². The van der Waals surface area contributed by atoms with Crippen molar-refractivity contribution in [3.63, 3.8) is 0 Å². The number of carbonyl (C=O) groups is 3. The van der Waals surface area contributed by atoms with Crippen LogP contribution in [0.4, 0.5) is 0 Å². The van der Waals surface area contributed by atoms with Gasteiger partial charge in [-0.3, -0.25) is 14.5 Å². The van der Waals surface area contributed by atoms with Crippen LogP contribution in [0.1, 0.15) is 35.2 Å². The Labute approximate surface area is 183 Å². The summed E-state index contributed by atoms with van der Waals surface area (Å²) in [7, 11) is 0. The number of carbonyl (C=O) groups excluding carboxylic acids is 3. The molecule has 7 N–H and O–H groups in total. The van der Waals surface area contributed by atoms with Gasteiger partial charge < -0.3 is 46.1 Å². The molecule has 1 saturated carbocycles. The molecule has 0 unspecified atom stereocenters. The Morgan fingerprint density at radius 1 is 1.38 bits per heavy atom. The third-order valence-corrected chi connectivity index (χ3v) is 6.15. The van der Waals surface area contributed by atoms with Crippen molar-refractivity contribution in [1.29, 1.82) is 0 Å². The number of aromatic carboxylic acids is 1. The van der Waals surface area contributed by atoms with E-state index in [0.717, 1.165) is 0 Å². The molecule has 13 heteroatoms. The molecule has 1 aliphatic carbocycles. The van der Waals surface area contributed by atoms with E-state index < -0.39 is 35.9 Å². The zero-order valence-electron chi connectivity index (χ0n) is 17.4. The van der Waals surface area contributed by atoms with Crippen LogP contribution in [0.25, 0.3) is 0 Å². The van der Waals surface area contributed by atoms with Crippen LogP contribution >= 0.6 is 0 Å². The van der Waals surface area contributed by atoms with E-state index in [0.29, 0.717) is 25.1 Å². The predicted molar refractivity (Wildman–Crippen MR) is 108 cm³/mol. The Balaban J connectivity index is 1.40. The van der Waals surface area contributed by atoms with Gasteiger partial charge in [-0.25, -0.2) is 0 Å². The van der Waals surface area contributed by atoms with Gasteiger partial charge in [0.05, 0.1) is 23.8 Å². The monoisotopic (exact) mass is 448 g/mol. The van der Waals surface area contributed by atoms with Crippen LogP contribution in [0, 0.1) is 0 Å². The molecule has 2 amide bonds. The zero-order chi connectivity index (χ0) is 23.4. The standard InChI is InChI=1S/C19H26BN4O8/c1-19(22,18(28)23-5-14(21)25)8-24-6-9(7-24)31-13-3-2-10-11-4-12(11)20(29,30)32-16(10)15(13)17(26)27/h2-3,9,11-12,29-30H,4-8,22H2,1H3,(H2,21,25)(H,23,28)(H,26,27)/q-1/p-1/t11-,12-,19-/m1/s1. The Hall–Kier alpha value is -2.87. The van der Waals surface area contributed by atoms with Crippen molar-refractivity contribution >= 4 is 24.5 Å². The van der Waals surface area contributed by atoms with E-state index in [1.807, 2.05) is 4.90 Å². The van der Waals surface area contributed by atoms with Gasteiger partial charge in [-0.15, -0.1) is 0 Å². The molecule has 1 aromatic rings. The second-order valence-corrected chi connectivity index (χ2v) is 9.03. The van der Waals surface area contributed by atoms with Gasteiger partial charge in [0.15, 0.2) is 0 Å². The van der Waals surface area contributed by atoms with Crippen molar-refractivity contribution in [2.45, 2.75) is 36.7 Å². The summed E-state index contributed by atoms with van der Waals surface area (Å²) in [6.07, 6.45) is 0.126. The molecule has 1 aromatic carbocycles. The van der Waals surface area contributed by atoms with E-state index in [1.165, 1.54) is 13.0 Å². The molecule has 12 nitrogen and oxygen atoms in total. The summed E-state index contributed by atoms with van der Waals surface area (Å²) >= 11 is 0. The highest BCUT2D eigenvalue weighted by Gasteiger charge is 2.55. The molecule has 0 spiro atoms. The lowest BCUT2D eigenvalue weighted by atomic mass is 9.68. The summed E-state index contributed by atoms with van der Waals surface area (Å²) in [4.78, 5) is 36.6. The SMILES string of the molecule is C[C@@](N)(CN1CC(Oc2ccc3c(c2C(=O)[O-])O[B-](O)(O)[C@@H]2C[C@H]32)C1)C(=O)NCC(N)=O. The second-order valence-electron chi connectivity index (χ2n) is 9.03. The first-order valence-electron chi connectivity index (χ1n) is 10.3. The van der Waals surface area contributed by atoms with Gasteiger partial charge in [0.1, 0.15) is 17.4 Å². The van der Waals surface area contributed by atoms with Crippen LogP contribution in [0.3, 0.4) is 0 Å². The number of ether oxygens (including phenoxy) is 1. The van der Waals surface area contributed by atoms with E-state index in [9.17, 15) is 29.5 Å². The molecular formula is C19H25BN4O8-2.